The number of carboxylic acid groups (broad SMARTS) is 1. The van der Waals surface area contributed by atoms with Crippen LogP contribution in [-0.2, 0) is 32.0 Å². The summed E-state index contributed by atoms with van der Waals surface area (Å²) in [5.74, 6) is -3.22. The van der Waals surface area contributed by atoms with Gasteiger partial charge >= 0.3 is 12.1 Å². The van der Waals surface area contributed by atoms with Crippen molar-refractivity contribution < 1.29 is 37.5 Å². The van der Waals surface area contributed by atoms with Crippen molar-refractivity contribution >= 4 is 35.3 Å². The quantitative estimate of drug-likeness (QED) is 0.417. The van der Waals surface area contributed by atoms with Gasteiger partial charge < -0.3 is 20.6 Å². The lowest BCUT2D eigenvalue weighted by Crippen LogP contribution is -2.54. The van der Waals surface area contributed by atoms with E-state index < -0.39 is 24.2 Å². The lowest BCUT2D eigenvalue weighted by Gasteiger charge is -2.29. The number of nitrogens with zero attached hydrogens (tertiary/aromatic N) is 2. The molecule has 13 heteroatoms. The number of benzene rings is 1. The fourth-order valence-electron chi connectivity index (χ4n) is 4.23. The molecule has 2 heterocycles. The molecule has 0 unspecified atom stereocenters. The highest BCUT2D eigenvalue weighted by molar-refractivity contribution is 6.31. The Labute approximate surface area is 234 Å². The zero-order valence-electron chi connectivity index (χ0n) is 21.5. The monoisotopic (exact) mass is 582 g/mol. The van der Waals surface area contributed by atoms with E-state index in [2.05, 4.69) is 15.6 Å². The summed E-state index contributed by atoms with van der Waals surface area (Å²) in [6.45, 7) is 0.947. The van der Waals surface area contributed by atoms with Crippen molar-refractivity contribution in [3.8, 4) is 0 Å². The Morgan fingerprint density at radius 2 is 1.77 bits per heavy atom. The van der Waals surface area contributed by atoms with E-state index in [0.717, 1.165) is 30.4 Å². The van der Waals surface area contributed by atoms with Crippen molar-refractivity contribution in [1.82, 2.24) is 20.5 Å². The summed E-state index contributed by atoms with van der Waals surface area (Å²) >= 11 is 6.20. The normalized spacial score (nSPS) is 17.3. The molecule has 1 aliphatic carbocycles. The van der Waals surface area contributed by atoms with Gasteiger partial charge in [-0.2, -0.15) is 13.2 Å². The van der Waals surface area contributed by atoms with Crippen molar-refractivity contribution in [3.05, 3.63) is 64.9 Å². The Hall–Kier alpha value is -3.67. The zero-order valence-corrected chi connectivity index (χ0v) is 22.3. The van der Waals surface area contributed by atoms with E-state index in [-0.39, 0.29) is 23.6 Å². The first-order chi connectivity index (χ1) is 19.0. The summed E-state index contributed by atoms with van der Waals surface area (Å²) < 4.78 is 31.7. The highest BCUT2D eigenvalue weighted by Crippen LogP contribution is 2.29. The van der Waals surface area contributed by atoms with Crippen LogP contribution in [0.3, 0.4) is 0 Å². The summed E-state index contributed by atoms with van der Waals surface area (Å²) in [6.07, 6.45) is 2.35. The fourth-order valence-corrected chi connectivity index (χ4v) is 4.46. The molecule has 3 amide bonds. The van der Waals surface area contributed by atoms with Gasteiger partial charge in [0.15, 0.2) is 0 Å². The molecule has 2 fully saturated rings. The number of carbonyl (C=O) groups excluding carboxylic acids is 3. The summed E-state index contributed by atoms with van der Waals surface area (Å²) in [6, 6.07) is 10.0. The lowest BCUT2D eigenvalue weighted by atomic mass is 10.1. The second kappa shape index (κ2) is 14.1. The van der Waals surface area contributed by atoms with Crippen LogP contribution in [0.25, 0.3) is 0 Å². The van der Waals surface area contributed by atoms with E-state index >= 15 is 0 Å². The molecule has 3 N–H and O–H groups in total. The summed E-state index contributed by atoms with van der Waals surface area (Å²) in [5, 5.41) is 13.7. The lowest BCUT2D eigenvalue weighted by molar-refractivity contribution is -0.192. The first kappa shape index (κ1) is 30.9. The summed E-state index contributed by atoms with van der Waals surface area (Å²) in [5.41, 5.74) is 1.84. The second-order valence-corrected chi connectivity index (χ2v) is 9.93. The number of aromatic nitrogens is 1. The average molecular weight is 583 g/mol. The smallest absolute Gasteiger partial charge is 0.475 e. The van der Waals surface area contributed by atoms with Gasteiger partial charge in [-0.1, -0.05) is 35.9 Å². The van der Waals surface area contributed by atoms with Crippen molar-refractivity contribution in [1.29, 1.82) is 0 Å². The highest BCUT2D eigenvalue weighted by Gasteiger charge is 2.40. The van der Waals surface area contributed by atoms with E-state index in [4.69, 9.17) is 21.5 Å². The van der Waals surface area contributed by atoms with Crippen molar-refractivity contribution in [3.63, 3.8) is 0 Å². The van der Waals surface area contributed by atoms with Crippen LogP contribution in [0.2, 0.25) is 5.02 Å². The number of pyridine rings is 1. The average Bonchev–Trinajstić information content (AvgIpc) is 3.65. The van der Waals surface area contributed by atoms with Gasteiger partial charge in [-0.25, -0.2) is 4.79 Å². The van der Waals surface area contributed by atoms with Gasteiger partial charge in [-0.05, 0) is 55.4 Å². The maximum atomic E-state index is 13.5. The molecule has 0 radical (unpaired) electrons. The molecule has 4 rings (SSSR count). The standard InChI is InChI=1S/C25H29ClN4O3.C2HF3O2/c26-20-7-2-1-6-18(20)11-13-28-24(32)22-8-4-14-30(22)25(33)21(29-23(31)19-9-10-19)15-17-5-3-12-27-16-17;3-2(4,5)1(6)7/h1-3,5-7,12,16,19,21-22H,4,8-11,13-15H2,(H,28,32)(H,29,31);(H,6,7)/t21-,22-;/m0./s1. The van der Waals surface area contributed by atoms with Crippen LogP contribution in [-0.4, -0.2) is 70.0 Å². The van der Waals surface area contributed by atoms with Gasteiger partial charge in [-0.3, -0.25) is 19.4 Å². The van der Waals surface area contributed by atoms with Gasteiger partial charge in [0.05, 0.1) is 0 Å². The van der Waals surface area contributed by atoms with E-state index in [1.165, 1.54) is 0 Å². The molecule has 1 aliphatic heterocycles. The SMILES string of the molecule is O=C(N[C@@H](Cc1cccnc1)C(=O)N1CCC[C@H]1C(=O)NCCc1ccccc1Cl)C1CC1.O=C(O)C(F)(F)F. The topological polar surface area (TPSA) is 129 Å². The highest BCUT2D eigenvalue weighted by atomic mass is 35.5. The number of aliphatic carboxylic acids is 1. The molecular formula is C27H30ClF3N4O5. The van der Waals surface area contributed by atoms with Gasteiger partial charge in [0.1, 0.15) is 12.1 Å². The molecule has 9 nitrogen and oxygen atoms in total. The minimum Gasteiger partial charge on any atom is -0.475 e. The number of rotatable bonds is 9. The molecule has 1 saturated heterocycles. The minimum absolute atomic E-state index is 0.00307. The molecule has 40 heavy (non-hydrogen) atoms. The van der Waals surface area contributed by atoms with E-state index in [9.17, 15) is 27.6 Å². The zero-order chi connectivity index (χ0) is 29.3. The molecule has 2 aliphatic rings. The van der Waals surface area contributed by atoms with Crippen LogP contribution in [0.5, 0.6) is 0 Å². The number of hydrogen-bond acceptors (Lipinski definition) is 5. The Kier molecular flexibility index (Phi) is 10.9. The van der Waals surface area contributed by atoms with Crippen LogP contribution in [0, 0.1) is 5.92 Å². The molecule has 1 saturated carbocycles. The number of halogens is 4. The molecule has 0 spiro atoms. The third-order valence-corrected chi connectivity index (χ3v) is 6.83. The molecular weight excluding hydrogens is 553 g/mol. The Balaban J connectivity index is 0.000000559. The third kappa shape index (κ3) is 9.22. The van der Waals surface area contributed by atoms with Gasteiger partial charge in [0.2, 0.25) is 17.7 Å². The maximum absolute atomic E-state index is 13.5. The largest absolute Gasteiger partial charge is 0.490 e. The van der Waals surface area contributed by atoms with Crippen LogP contribution in [0.4, 0.5) is 13.2 Å². The molecule has 1 aromatic carbocycles. The first-order valence-electron chi connectivity index (χ1n) is 12.8. The predicted octanol–water partition coefficient (Wildman–Crippen LogP) is 3.16. The van der Waals surface area contributed by atoms with Gasteiger partial charge in [-0.15, -0.1) is 0 Å². The fraction of sp³-hybridized carbons (Fsp3) is 0.444. The second-order valence-electron chi connectivity index (χ2n) is 9.53. The number of nitrogens with one attached hydrogen (secondary N) is 2. The molecule has 2 aromatic rings. The van der Waals surface area contributed by atoms with Gasteiger partial charge in [0, 0.05) is 42.8 Å². The molecule has 0 bridgehead atoms. The number of carbonyl (C=O) groups is 4. The van der Waals surface area contributed by atoms with Crippen LogP contribution < -0.4 is 10.6 Å². The number of carboxylic acids is 1. The number of amides is 3. The third-order valence-electron chi connectivity index (χ3n) is 6.46. The Bertz CT molecular complexity index is 1190. The molecule has 216 valence electrons. The van der Waals surface area contributed by atoms with E-state index in [1.807, 2.05) is 36.4 Å². The van der Waals surface area contributed by atoms with Crippen LogP contribution in [0.1, 0.15) is 36.8 Å². The Morgan fingerprint density at radius 3 is 2.38 bits per heavy atom. The van der Waals surface area contributed by atoms with Crippen LogP contribution >= 0.6 is 11.6 Å². The molecule has 2 atom stereocenters. The van der Waals surface area contributed by atoms with Crippen molar-refractivity contribution in [2.24, 2.45) is 5.92 Å². The minimum atomic E-state index is -5.08. The summed E-state index contributed by atoms with van der Waals surface area (Å²) in [7, 11) is 0. The predicted molar refractivity (Wildman–Crippen MR) is 139 cm³/mol. The summed E-state index contributed by atoms with van der Waals surface area (Å²) in [4.78, 5) is 53.5. The van der Waals surface area contributed by atoms with Crippen molar-refractivity contribution in [2.75, 3.05) is 13.1 Å². The van der Waals surface area contributed by atoms with E-state index in [0.29, 0.717) is 37.4 Å². The maximum Gasteiger partial charge on any atom is 0.490 e. The number of likely N-dealkylation sites (tertiary alicyclic amines) is 1. The Morgan fingerprint density at radius 1 is 1.07 bits per heavy atom. The van der Waals surface area contributed by atoms with Gasteiger partial charge in [0.25, 0.3) is 0 Å². The van der Waals surface area contributed by atoms with Crippen molar-refractivity contribution in [2.45, 2.75) is 56.8 Å². The number of hydrogen-bond donors (Lipinski definition) is 3. The first-order valence-corrected chi connectivity index (χ1v) is 13.2. The number of alkyl halides is 3. The van der Waals surface area contributed by atoms with E-state index in [1.54, 1.807) is 17.3 Å². The van der Waals surface area contributed by atoms with Crippen LogP contribution in [0.15, 0.2) is 48.8 Å². The molecule has 1 aromatic heterocycles.